The maximum absolute atomic E-state index is 10.4. The van der Waals surface area contributed by atoms with Gasteiger partial charge in [-0.3, -0.25) is 0 Å². The maximum Gasteiger partial charge on any atom is 0.0687 e. The Labute approximate surface area is 188 Å². The fourth-order valence-corrected chi connectivity index (χ4v) is 6.51. The van der Waals surface area contributed by atoms with Crippen LogP contribution in [0.2, 0.25) is 0 Å². The molecule has 2 aliphatic rings. The van der Waals surface area contributed by atoms with Crippen LogP contribution in [0.25, 0.3) is 0 Å². The van der Waals surface area contributed by atoms with Gasteiger partial charge in [-0.1, -0.05) is 88.8 Å². The molecular formula is C29H40O2. The molecular weight excluding hydrogens is 380 g/mol. The third-order valence-corrected chi connectivity index (χ3v) is 8.46. The summed E-state index contributed by atoms with van der Waals surface area (Å²) in [5, 5.41) is 20.8. The highest BCUT2D eigenvalue weighted by molar-refractivity contribution is 5.46. The number of benzene rings is 2. The number of aliphatic hydroxyl groups is 2. The van der Waals surface area contributed by atoms with Crippen molar-refractivity contribution in [2.45, 2.75) is 109 Å². The van der Waals surface area contributed by atoms with Crippen LogP contribution in [0.15, 0.2) is 36.4 Å². The van der Waals surface area contributed by atoms with E-state index < -0.39 is 0 Å². The minimum atomic E-state index is 0.0902. The fraction of sp³-hybridized carbons (Fsp3) is 0.586. The molecule has 2 nitrogen and oxygen atoms in total. The van der Waals surface area contributed by atoms with E-state index in [1.807, 2.05) is 0 Å². The maximum atomic E-state index is 10.4. The first-order valence-electron chi connectivity index (χ1n) is 12.4. The molecule has 0 aliphatic heterocycles. The van der Waals surface area contributed by atoms with Crippen molar-refractivity contribution in [1.82, 2.24) is 0 Å². The summed E-state index contributed by atoms with van der Waals surface area (Å²) in [4.78, 5) is 0. The van der Waals surface area contributed by atoms with E-state index in [2.05, 4.69) is 50.2 Å². The second kappa shape index (κ2) is 9.46. The van der Waals surface area contributed by atoms with Crippen molar-refractivity contribution in [2.24, 2.45) is 0 Å². The molecule has 0 aromatic heterocycles. The van der Waals surface area contributed by atoms with E-state index in [9.17, 15) is 10.2 Å². The van der Waals surface area contributed by atoms with E-state index in [1.54, 1.807) is 0 Å². The average Bonchev–Trinajstić information content (AvgIpc) is 2.80. The van der Waals surface area contributed by atoms with Gasteiger partial charge in [-0.25, -0.2) is 0 Å². The van der Waals surface area contributed by atoms with E-state index in [-0.39, 0.29) is 24.0 Å². The predicted molar refractivity (Wildman–Crippen MR) is 128 cm³/mol. The summed E-state index contributed by atoms with van der Waals surface area (Å²) in [6, 6.07) is 13.2. The zero-order chi connectivity index (χ0) is 21.9. The highest BCUT2D eigenvalue weighted by Crippen LogP contribution is 2.43. The van der Waals surface area contributed by atoms with E-state index in [0.717, 1.165) is 17.5 Å². The van der Waals surface area contributed by atoms with Gasteiger partial charge in [-0.2, -0.15) is 0 Å². The van der Waals surface area contributed by atoms with Gasteiger partial charge >= 0.3 is 0 Å². The summed E-state index contributed by atoms with van der Waals surface area (Å²) in [7, 11) is 0. The molecule has 2 aromatic rings. The standard InChI is InChI=1S/C29H40O2/c1-28(15-5-3-6-16-28)26-13-9-11-22(24(26)20-30)19-23-12-10-14-27(25(23)21-31)29(2)17-7-4-8-18-29/h9-14,30-31H,3-8,15-21H2,1-2H3. The topological polar surface area (TPSA) is 40.5 Å². The van der Waals surface area contributed by atoms with Crippen LogP contribution in [0, 0.1) is 0 Å². The van der Waals surface area contributed by atoms with Crippen molar-refractivity contribution in [2.75, 3.05) is 0 Å². The Kier molecular flexibility index (Phi) is 6.89. The van der Waals surface area contributed by atoms with Gasteiger partial charge in [0.05, 0.1) is 13.2 Å². The van der Waals surface area contributed by atoms with Crippen LogP contribution in [0.5, 0.6) is 0 Å². The Hall–Kier alpha value is -1.64. The molecule has 0 bridgehead atoms. The van der Waals surface area contributed by atoms with E-state index in [4.69, 9.17) is 0 Å². The van der Waals surface area contributed by atoms with Gasteiger partial charge < -0.3 is 10.2 Å². The Balaban J connectivity index is 1.71. The van der Waals surface area contributed by atoms with Gasteiger partial charge in [0.2, 0.25) is 0 Å². The quantitative estimate of drug-likeness (QED) is 0.545. The monoisotopic (exact) mass is 420 g/mol. The summed E-state index contributed by atoms with van der Waals surface area (Å²) in [6.45, 7) is 4.95. The summed E-state index contributed by atoms with van der Waals surface area (Å²) in [6.07, 6.45) is 13.4. The van der Waals surface area contributed by atoms with Crippen molar-refractivity contribution in [3.8, 4) is 0 Å². The SMILES string of the molecule is CC1(c2cccc(Cc3cccc(C4(C)CCCCC4)c3CO)c2CO)CCCCC1. The number of rotatable bonds is 6. The number of aliphatic hydroxyl groups excluding tert-OH is 2. The van der Waals surface area contributed by atoms with Gasteiger partial charge in [0, 0.05) is 0 Å². The van der Waals surface area contributed by atoms with Gasteiger partial charge in [0.15, 0.2) is 0 Å². The van der Waals surface area contributed by atoms with Crippen LogP contribution in [-0.4, -0.2) is 10.2 Å². The normalized spacial score (nSPS) is 20.5. The zero-order valence-electron chi connectivity index (χ0n) is 19.6. The molecule has 31 heavy (non-hydrogen) atoms. The van der Waals surface area contributed by atoms with Crippen molar-refractivity contribution in [1.29, 1.82) is 0 Å². The molecule has 0 saturated heterocycles. The predicted octanol–water partition coefficient (Wildman–Crippen LogP) is 6.71. The molecule has 168 valence electrons. The lowest BCUT2D eigenvalue weighted by molar-refractivity contribution is 0.266. The highest BCUT2D eigenvalue weighted by Gasteiger charge is 2.33. The van der Waals surface area contributed by atoms with Crippen LogP contribution < -0.4 is 0 Å². The van der Waals surface area contributed by atoms with Crippen LogP contribution >= 0.6 is 0 Å². The average molecular weight is 421 g/mol. The molecule has 0 heterocycles. The lowest BCUT2D eigenvalue weighted by Crippen LogP contribution is -2.27. The third-order valence-electron chi connectivity index (χ3n) is 8.46. The van der Waals surface area contributed by atoms with E-state index in [0.29, 0.717) is 0 Å². The van der Waals surface area contributed by atoms with Gasteiger partial charge in [0.25, 0.3) is 0 Å². The van der Waals surface area contributed by atoms with Gasteiger partial charge in [-0.05, 0) is 76.3 Å². The molecule has 2 aromatic carbocycles. The molecule has 2 fully saturated rings. The Morgan fingerprint density at radius 2 is 1.00 bits per heavy atom. The molecule has 0 atom stereocenters. The van der Waals surface area contributed by atoms with Crippen LogP contribution in [-0.2, 0) is 30.5 Å². The van der Waals surface area contributed by atoms with Crippen molar-refractivity contribution in [3.05, 3.63) is 69.8 Å². The van der Waals surface area contributed by atoms with Crippen LogP contribution in [0.1, 0.15) is 111 Å². The van der Waals surface area contributed by atoms with Crippen LogP contribution in [0.3, 0.4) is 0 Å². The summed E-state index contributed by atoms with van der Waals surface area (Å²) in [5.41, 5.74) is 7.68. The van der Waals surface area contributed by atoms with Crippen molar-refractivity contribution in [3.63, 3.8) is 0 Å². The molecule has 0 spiro atoms. The summed E-state index contributed by atoms with van der Waals surface area (Å²) >= 11 is 0. The lowest BCUT2D eigenvalue weighted by atomic mass is 9.68. The largest absolute Gasteiger partial charge is 0.392 e. The molecule has 4 rings (SSSR count). The van der Waals surface area contributed by atoms with E-state index >= 15 is 0 Å². The minimum absolute atomic E-state index is 0.0902. The first-order chi connectivity index (χ1) is 15.0. The molecule has 2 heteroatoms. The summed E-state index contributed by atoms with van der Waals surface area (Å²) in [5.74, 6) is 0. The van der Waals surface area contributed by atoms with Crippen molar-refractivity contribution >= 4 is 0 Å². The lowest BCUT2D eigenvalue weighted by Gasteiger charge is -2.37. The van der Waals surface area contributed by atoms with Crippen LogP contribution in [0.4, 0.5) is 0 Å². The minimum Gasteiger partial charge on any atom is -0.392 e. The fourth-order valence-electron chi connectivity index (χ4n) is 6.51. The highest BCUT2D eigenvalue weighted by atomic mass is 16.3. The molecule has 2 N–H and O–H groups in total. The Morgan fingerprint density at radius 3 is 1.35 bits per heavy atom. The van der Waals surface area contributed by atoms with Gasteiger partial charge in [-0.15, -0.1) is 0 Å². The molecule has 2 aliphatic carbocycles. The number of hydrogen-bond donors (Lipinski definition) is 2. The Morgan fingerprint density at radius 1 is 0.613 bits per heavy atom. The zero-order valence-corrected chi connectivity index (χ0v) is 19.6. The van der Waals surface area contributed by atoms with Gasteiger partial charge in [0.1, 0.15) is 0 Å². The van der Waals surface area contributed by atoms with Crippen molar-refractivity contribution < 1.29 is 10.2 Å². The summed E-state index contributed by atoms with van der Waals surface area (Å²) < 4.78 is 0. The number of hydrogen-bond acceptors (Lipinski definition) is 2. The molecule has 0 amide bonds. The first-order valence-corrected chi connectivity index (χ1v) is 12.4. The molecule has 2 saturated carbocycles. The Bertz CT molecular complexity index is 812. The first kappa shape index (κ1) is 22.6. The smallest absolute Gasteiger partial charge is 0.0687 e. The third kappa shape index (κ3) is 4.47. The second-order valence-electron chi connectivity index (χ2n) is 10.6. The second-order valence-corrected chi connectivity index (χ2v) is 10.6. The molecule has 0 radical (unpaired) electrons. The molecule has 0 unspecified atom stereocenters. The van der Waals surface area contributed by atoms with E-state index in [1.165, 1.54) is 86.5 Å².